The van der Waals surface area contributed by atoms with Crippen molar-refractivity contribution in [3.63, 3.8) is 0 Å². The standard InChI is InChI=1S/C22H14ClN3O6/c1-10-7-16-14(9-15(10)23)20(27)18-19(12-3-5-13(6-4-12)26(29)30)25(22(28)21(18)31-16)17-8-11(2)32-24-17/h3-9,19H,1-2H3/t19-/m1/s1. The molecule has 1 amide bonds. The summed E-state index contributed by atoms with van der Waals surface area (Å²) in [4.78, 5) is 38.8. The van der Waals surface area contributed by atoms with Crippen LogP contribution in [-0.2, 0) is 0 Å². The number of aryl methyl sites for hydroxylation is 2. The van der Waals surface area contributed by atoms with E-state index in [1.54, 1.807) is 26.0 Å². The molecule has 0 fully saturated rings. The summed E-state index contributed by atoms with van der Waals surface area (Å²) in [6, 6.07) is 9.39. The normalized spacial score (nSPS) is 15.4. The lowest BCUT2D eigenvalue weighted by molar-refractivity contribution is -0.384. The summed E-state index contributed by atoms with van der Waals surface area (Å²) in [5.41, 5.74) is 0.996. The van der Waals surface area contributed by atoms with Gasteiger partial charge in [-0.15, -0.1) is 0 Å². The minimum absolute atomic E-state index is 0.108. The lowest BCUT2D eigenvalue weighted by atomic mass is 9.98. The molecule has 0 N–H and O–H groups in total. The average Bonchev–Trinajstić information content (AvgIpc) is 3.31. The van der Waals surface area contributed by atoms with E-state index in [4.69, 9.17) is 20.5 Å². The number of hydrogen-bond donors (Lipinski definition) is 0. The lowest BCUT2D eigenvalue weighted by Crippen LogP contribution is -2.29. The van der Waals surface area contributed by atoms with Crippen molar-refractivity contribution in [1.82, 2.24) is 5.16 Å². The third-order valence-electron chi connectivity index (χ3n) is 5.43. The second kappa shape index (κ2) is 7.03. The summed E-state index contributed by atoms with van der Waals surface area (Å²) in [6.07, 6.45) is 0. The number of amides is 1. The van der Waals surface area contributed by atoms with Gasteiger partial charge in [0.25, 0.3) is 11.6 Å². The van der Waals surface area contributed by atoms with Gasteiger partial charge in [0, 0.05) is 23.2 Å². The van der Waals surface area contributed by atoms with Crippen LogP contribution in [0.1, 0.15) is 39.0 Å². The first-order valence-corrected chi connectivity index (χ1v) is 9.92. The summed E-state index contributed by atoms with van der Waals surface area (Å²) >= 11 is 6.22. The molecule has 1 aliphatic heterocycles. The smallest absolute Gasteiger partial charge is 0.296 e. The number of halogens is 1. The van der Waals surface area contributed by atoms with E-state index < -0.39 is 22.3 Å². The summed E-state index contributed by atoms with van der Waals surface area (Å²) < 4.78 is 11.0. The molecular formula is C22H14ClN3O6. The molecule has 0 radical (unpaired) electrons. The number of nitrogens with zero attached hydrogens (tertiary/aromatic N) is 3. The second-order valence-electron chi connectivity index (χ2n) is 7.49. The van der Waals surface area contributed by atoms with Gasteiger partial charge in [0.15, 0.2) is 11.2 Å². The van der Waals surface area contributed by atoms with Crippen molar-refractivity contribution in [3.05, 3.63) is 96.0 Å². The van der Waals surface area contributed by atoms with Gasteiger partial charge in [-0.05, 0) is 49.2 Å². The van der Waals surface area contributed by atoms with Crippen LogP contribution in [0, 0.1) is 24.0 Å². The Balaban J connectivity index is 1.80. The largest absolute Gasteiger partial charge is 0.450 e. The van der Waals surface area contributed by atoms with E-state index in [1.165, 1.54) is 35.2 Å². The number of nitro groups is 1. The number of non-ortho nitro benzene ring substituents is 1. The van der Waals surface area contributed by atoms with Crippen LogP contribution in [0.5, 0.6) is 0 Å². The zero-order chi connectivity index (χ0) is 22.7. The number of nitro benzene ring substituents is 1. The van der Waals surface area contributed by atoms with E-state index >= 15 is 0 Å². The highest BCUT2D eigenvalue weighted by atomic mass is 35.5. The van der Waals surface area contributed by atoms with Crippen LogP contribution in [-0.4, -0.2) is 16.0 Å². The highest BCUT2D eigenvalue weighted by Crippen LogP contribution is 2.41. The molecule has 10 heteroatoms. The number of hydrogen-bond acceptors (Lipinski definition) is 7. The number of aromatic nitrogens is 1. The first-order valence-electron chi connectivity index (χ1n) is 9.54. The molecule has 0 unspecified atom stereocenters. The van der Waals surface area contributed by atoms with Crippen molar-refractivity contribution in [2.45, 2.75) is 19.9 Å². The number of rotatable bonds is 3. The first kappa shape index (κ1) is 20.0. The fourth-order valence-electron chi connectivity index (χ4n) is 3.89. The second-order valence-corrected chi connectivity index (χ2v) is 7.90. The van der Waals surface area contributed by atoms with Crippen molar-refractivity contribution in [2.24, 2.45) is 0 Å². The highest BCUT2D eigenvalue weighted by Gasteiger charge is 2.45. The van der Waals surface area contributed by atoms with Crippen molar-refractivity contribution in [1.29, 1.82) is 0 Å². The molecule has 1 atom stereocenters. The van der Waals surface area contributed by atoms with Crippen molar-refractivity contribution in [3.8, 4) is 0 Å². The highest BCUT2D eigenvalue weighted by molar-refractivity contribution is 6.32. The van der Waals surface area contributed by atoms with Crippen LogP contribution in [0.4, 0.5) is 11.5 Å². The third kappa shape index (κ3) is 2.89. The molecule has 4 aromatic rings. The molecule has 160 valence electrons. The van der Waals surface area contributed by atoms with Crippen LogP contribution in [0.2, 0.25) is 5.02 Å². The van der Waals surface area contributed by atoms with Crippen LogP contribution in [0.3, 0.4) is 0 Å². The number of benzene rings is 2. The topological polar surface area (TPSA) is 120 Å². The minimum Gasteiger partial charge on any atom is -0.450 e. The number of fused-ring (bicyclic) bond motifs is 2. The number of carbonyl (C=O) groups is 1. The molecule has 0 aliphatic carbocycles. The molecule has 3 heterocycles. The summed E-state index contributed by atoms with van der Waals surface area (Å²) in [7, 11) is 0. The molecule has 0 saturated carbocycles. The van der Waals surface area contributed by atoms with Gasteiger partial charge < -0.3 is 8.94 Å². The van der Waals surface area contributed by atoms with Crippen LogP contribution >= 0.6 is 11.6 Å². The van der Waals surface area contributed by atoms with Gasteiger partial charge in [-0.25, -0.2) is 0 Å². The number of carbonyl (C=O) groups excluding carboxylic acids is 1. The van der Waals surface area contributed by atoms with E-state index in [2.05, 4.69) is 5.16 Å². The maximum Gasteiger partial charge on any atom is 0.296 e. The summed E-state index contributed by atoms with van der Waals surface area (Å²) in [5.74, 6) is -0.0190. The molecule has 5 rings (SSSR count). The molecule has 1 aliphatic rings. The molecule has 0 spiro atoms. The molecular weight excluding hydrogens is 438 g/mol. The van der Waals surface area contributed by atoms with Gasteiger partial charge >= 0.3 is 0 Å². The van der Waals surface area contributed by atoms with E-state index in [9.17, 15) is 19.7 Å². The Labute approximate surface area is 184 Å². The van der Waals surface area contributed by atoms with Gasteiger partial charge in [0.05, 0.1) is 21.9 Å². The van der Waals surface area contributed by atoms with Crippen LogP contribution < -0.4 is 10.3 Å². The Hall–Kier alpha value is -3.98. The van der Waals surface area contributed by atoms with Crippen molar-refractivity contribution >= 4 is 40.0 Å². The van der Waals surface area contributed by atoms with Crippen molar-refractivity contribution < 1.29 is 18.7 Å². The average molecular weight is 452 g/mol. The maximum atomic E-state index is 13.5. The monoisotopic (exact) mass is 451 g/mol. The summed E-state index contributed by atoms with van der Waals surface area (Å²) in [5, 5.41) is 15.6. The van der Waals surface area contributed by atoms with Gasteiger partial charge in [0.1, 0.15) is 11.3 Å². The van der Waals surface area contributed by atoms with Crippen LogP contribution in [0.25, 0.3) is 11.0 Å². The molecule has 0 bridgehead atoms. The Morgan fingerprint density at radius 2 is 1.84 bits per heavy atom. The van der Waals surface area contributed by atoms with E-state index in [-0.39, 0.29) is 33.8 Å². The third-order valence-corrected chi connectivity index (χ3v) is 5.84. The van der Waals surface area contributed by atoms with Gasteiger partial charge in [0.2, 0.25) is 5.76 Å². The van der Waals surface area contributed by atoms with E-state index in [0.29, 0.717) is 21.9 Å². The number of anilines is 1. The minimum atomic E-state index is -0.913. The van der Waals surface area contributed by atoms with Gasteiger partial charge in [-0.2, -0.15) is 0 Å². The first-order chi connectivity index (χ1) is 15.3. The molecule has 32 heavy (non-hydrogen) atoms. The quantitative estimate of drug-likeness (QED) is 0.326. The molecule has 9 nitrogen and oxygen atoms in total. The molecule has 0 saturated heterocycles. The van der Waals surface area contributed by atoms with E-state index in [1.807, 2.05) is 0 Å². The van der Waals surface area contributed by atoms with Gasteiger partial charge in [-0.3, -0.25) is 24.6 Å². The zero-order valence-electron chi connectivity index (χ0n) is 16.8. The van der Waals surface area contributed by atoms with Crippen LogP contribution in [0.15, 0.2) is 56.2 Å². The Morgan fingerprint density at radius 3 is 2.47 bits per heavy atom. The Morgan fingerprint density at radius 1 is 1.12 bits per heavy atom. The molecule has 2 aromatic carbocycles. The van der Waals surface area contributed by atoms with Gasteiger partial charge in [-0.1, -0.05) is 16.8 Å². The SMILES string of the molecule is Cc1cc(N2C(=O)c3oc4cc(C)c(Cl)cc4c(=O)c3[C@H]2c2ccc([N+](=O)[O-])cc2)no1. The predicted octanol–water partition coefficient (Wildman–Crippen LogP) is 4.71. The zero-order valence-corrected chi connectivity index (χ0v) is 17.5. The predicted molar refractivity (Wildman–Crippen MR) is 115 cm³/mol. The molecule has 2 aromatic heterocycles. The lowest BCUT2D eigenvalue weighted by Gasteiger charge is -2.22. The fourth-order valence-corrected chi connectivity index (χ4v) is 4.05. The Bertz CT molecular complexity index is 1490. The fraction of sp³-hybridized carbons (Fsp3) is 0.136. The Kier molecular flexibility index (Phi) is 4.38. The maximum absolute atomic E-state index is 13.5. The van der Waals surface area contributed by atoms with Crippen molar-refractivity contribution in [2.75, 3.05) is 4.90 Å². The van der Waals surface area contributed by atoms with E-state index in [0.717, 1.165) is 0 Å². The summed E-state index contributed by atoms with van der Waals surface area (Å²) in [6.45, 7) is 3.44.